The van der Waals surface area contributed by atoms with Crippen LogP contribution in [0.15, 0.2) is 70.8 Å². The van der Waals surface area contributed by atoms with E-state index in [0.717, 1.165) is 16.9 Å². The molecule has 0 aliphatic carbocycles. The summed E-state index contributed by atoms with van der Waals surface area (Å²) in [6, 6.07) is 16.0. The normalized spacial score (nSPS) is 14.0. The number of amides is 4. The average Bonchev–Trinajstić information content (AvgIpc) is 3.15. The number of nitrogens with zero attached hydrogens (tertiary/aromatic N) is 1. The third-order valence-corrected chi connectivity index (χ3v) is 6.36. The summed E-state index contributed by atoms with van der Waals surface area (Å²) in [5, 5.41) is 5.27. The molecule has 38 heavy (non-hydrogen) atoms. The van der Waals surface area contributed by atoms with Crippen molar-refractivity contribution in [3.63, 3.8) is 0 Å². The summed E-state index contributed by atoms with van der Waals surface area (Å²) in [4.78, 5) is 38.8. The van der Waals surface area contributed by atoms with Crippen molar-refractivity contribution in [3.8, 4) is 11.5 Å². The van der Waals surface area contributed by atoms with E-state index in [4.69, 9.17) is 9.47 Å². The Balaban J connectivity index is 1.47. The molecule has 1 fully saturated rings. The van der Waals surface area contributed by atoms with Crippen LogP contribution >= 0.6 is 15.9 Å². The molecule has 4 rings (SSSR count). The molecule has 4 amide bonds. The molecule has 8 nitrogen and oxygen atoms in total. The van der Waals surface area contributed by atoms with Gasteiger partial charge in [-0.2, -0.15) is 0 Å². The summed E-state index contributed by atoms with van der Waals surface area (Å²) in [5.74, 6) is -0.716. The second-order valence-electron chi connectivity index (χ2n) is 8.39. The van der Waals surface area contributed by atoms with Gasteiger partial charge in [-0.3, -0.25) is 9.59 Å². The maximum absolute atomic E-state index is 13.5. The number of halogens is 2. The molecule has 0 unspecified atom stereocenters. The second kappa shape index (κ2) is 11.9. The number of rotatable bonds is 9. The Morgan fingerprint density at radius 3 is 2.66 bits per heavy atom. The third-order valence-electron chi connectivity index (χ3n) is 5.77. The quantitative estimate of drug-likeness (QED) is 0.265. The fraction of sp³-hybridized carbons (Fsp3) is 0.179. The van der Waals surface area contributed by atoms with Crippen LogP contribution in [0.25, 0.3) is 6.08 Å². The molecule has 1 saturated heterocycles. The summed E-state index contributed by atoms with van der Waals surface area (Å²) >= 11 is 3.45. The van der Waals surface area contributed by atoms with Crippen molar-refractivity contribution in [2.24, 2.45) is 0 Å². The summed E-state index contributed by atoms with van der Waals surface area (Å²) in [7, 11) is 1.47. The highest BCUT2D eigenvalue weighted by atomic mass is 79.9. The molecule has 3 aromatic carbocycles. The largest absolute Gasteiger partial charge is 0.493 e. The highest BCUT2D eigenvalue weighted by molar-refractivity contribution is 9.10. The summed E-state index contributed by atoms with van der Waals surface area (Å²) in [5.41, 5.74) is 2.78. The molecule has 0 aromatic heterocycles. The first-order valence-electron chi connectivity index (χ1n) is 11.8. The van der Waals surface area contributed by atoms with E-state index in [0.29, 0.717) is 32.8 Å². The molecule has 0 bridgehead atoms. The van der Waals surface area contributed by atoms with Crippen LogP contribution in [0, 0.1) is 5.82 Å². The standard InChI is InChI=1S/C28H25BrFN3O5/c1-3-19-8-4-5-10-22(19)31-25(34)15-33-27(35)23(32-28(33)36)13-18-12-21(29)26(24(14-18)37-2)38-16-17-7-6-9-20(30)11-17/h4-14H,3,15-16H2,1-2H3,(H,31,34)(H,32,36)/b23-13+. The Labute approximate surface area is 227 Å². The lowest BCUT2D eigenvalue weighted by atomic mass is 10.1. The van der Waals surface area contributed by atoms with Crippen molar-refractivity contribution >= 4 is 45.5 Å². The van der Waals surface area contributed by atoms with E-state index in [-0.39, 0.29) is 18.1 Å². The minimum Gasteiger partial charge on any atom is -0.493 e. The molecule has 1 aliphatic heterocycles. The Morgan fingerprint density at radius 2 is 1.92 bits per heavy atom. The Morgan fingerprint density at radius 1 is 1.13 bits per heavy atom. The first-order valence-corrected chi connectivity index (χ1v) is 12.6. The van der Waals surface area contributed by atoms with Crippen LogP contribution in [0.1, 0.15) is 23.6 Å². The van der Waals surface area contributed by atoms with Gasteiger partial charge >= 0.3 is 6.03 Å². The number of carbonyl (C=O) groups excluding carboxylic acids is 3. The van der Waals surface area contributed by atoms with Gasteiger partial charge in [-0.05, 0) is 75.4 Å². The van der Waals surface area contributed by atoms with E-state index < -0.39 is 24.4 Å². The molecule has 1 heterocycles. The van der Waals surface area contributed by atoms with Gasteiger partial charge in [0.1, 0.15) is 24.7 Å². The summed E-state index contributed by atoms with van der Waals surface area (Å²) < 4.78 is 25.3. The number of hydrogen-bond donors (Lipinski definition) is 2. The summed E-state index contributed by atoms with van der Waals surface area (Å²) in [6.45, 7) is 1.65. The van der Waals surface area contributed by atoms with E-state index >= 15 is 0 Å². The van der Waals surface area contributed by atoms with Crippen LogP contribution < -0.4 is 20.1 Å². The molecule has 1 aliphatic rings. The van der Waals surface area contributed by atoms with Crippen LogP contribution in [0.5, 0.6) is 11.5 Å². The zero-order chi connectivity index (χ0) is 27.2. The van der Waals surface area contributed by atoms with Crippen LogP contribution in [0.3, 0.4) is 0 Å². The summed E-state index contributed by atoms with van der Waals surface area (Å²) in [6.07, 6.45) is 2.20. The number of carbonyl (C=O) groups is 3. The van der Waals surface area contributed by atoms with Crippen LogP contribution in [-0.4, -0.2) is 36.4 Å². The molecule has 2 N–H and O–H groups in total. The van der Waals surface area contributed by atoms with Gasteiger partial charge in [0, 0.05) is 5.69 Å². The number of imide groups is 1. The van der Waals surface area contributed by atoms with Gasteiger partial charge in [0.15, 0.2) is 11.5 Å². The van der Waals surface area contributed by atoms with Crippen molar-refractivity contribution in [2.75, 3.05) is 19.0 Å². The van der Waals surface area contributed by atoms with Crippen molar-refractivity contribution in [2.45, 2.75) is 20.0 Å². The smallest absolute Gasteiger partial charge is 0.329 e. The van der Waals surface area contributed by atoms with E-state index in [1.165, 1.54) is 25.3 Å². The molecule has 0 radical (unpaired) electrons. The predicted octanol–water partition coefficient (Wildman–Crippen LogP) is 5.27. The van der Waals surface area contributed by atoms with Crippen LogP contribution in [-0.2, 0) is 22.6 Å². The van der Waals surface area contributed by atoms with Gasteiger partial charge in [0.2, 0.25) is 5.91 Å². The number of anilines is 1. The number of ether oxygens (including phenoxy) is 2. The molecule has 3 aromatic rings. The van der Waals surface area contributed by atoms with Gasteiger partial charge < -0.3 is 20.1 Å². The maximum atomic E-state index is 13.5. The van der Waals surface area contributed by atoms with Crippen molar-refractivity contribution in [1.82, 2.24) is 10.2 Å². The van der Waals surface area contributed by atoms with Crippen molar-refractivity contribution in [3.05, 3.63) is 93.3 Å². The van der Waals surface area contributed by atoms with Crippen molar-refractivity contribution in [1.29, 1.82) is 0 Å². The molecular formula is C28H25BrFN3O5. The lowest BCUT2D eigenvalue weighted by molar-refractivity contribution is -0.127. The SMILES string of the molecule is CCc1ccccc1NC(=O)CN1C(=O)N/C(=C/c2cc(Br)c(OCc3cccc(F)c3)c(OC)c2)C1=O. The lowest BCUT2D eigenvalue weighted by Gasteiger charge is -2.14. The van der Waals surface area contributed by atoms with Crippen molar-refractivity contribution < 1.29 is 28.2 Å². The zero-order valence-corrected chi connectivity index (χ0v) is 22.3. The van der Waals surface area contributed by atoms with E-state index in [9.17, 15) is 18.8 Å². The number of para-hydroxylation sites is 1. The van der Waals surface area contributed by atoms with Gasteiger partial charge in [-0.1, -0.05) is 37.3 Å². The molecule has 196 valence electrons. The average molecular weight is 582 g/mol. The number of aryl methyl sites for hydroxylation is 1. The predicted molar refractivity (Wildman–Crippen MR) is 144 cm³/mol. The first-order chi connectivity index (χ1) is 18.3. The van der Waals surface area contributed by atoms with Gasteiger partial charge in [-0.25, -0.2) is 14.1 Å². The minimum atomic E-state index is -0.693. The first kappa shape index (κ1) is 26.9. The fourth-order valence-electron chi connectivity index (χ4n) is 3.91. The second-order valence-corrected chi connectivity index (χ2v) is 9.25. The highest BCUT2D eigenvalue weighted by Gasteiger charge is 2.35. The highest BCUT2D eigenvalue weighted by Crippen LogP contribution is 2.38. The van der Waals surface area contributed by atoms with Gasteiger partial charge in [0.05, 0.1) is 11.6 Å². The lowest BCUT2D eigenvalue weighted by Crippen LogP contribution is -2.38. The third kappa shape index (κ3) is 6.20. The molecular weight excluding hydrogens is 557 g/mol. The van der Waals surface area contributed by atoms with Gasteiger partial charge in [-0.15, -0.1) is 0 Å². The number of benzene rings is 3. The molecule has 0 spiro atoms. The van der Waals surface area contributed by atoms with E-state index in [2.05, 4.69) is 26.6 Å². The van der Waals surface area contributed by atoms with E-state index in [1.807, 2.05) is 19.1 Å². The molecule has 0 atom stereocenters. The Kier molecular flexibility index (Phi) is 8.42. The number of urea groups is 1. The molecule has 10 heteroatoms. The maximum Gasteiger partial charge on any atom is 0.329 e. The van der Waals surface area contributed by atoms with Gasteiger partial charge in [0.25, 0.3) is 5.91 Å². The number of nitrogens with one attached hydrogen (secondary N) is 2. The molecule has 0 saturated carbocycles. The Bertz CT molecular complexity index is 1430. The zero-order valence-electron chi connectivity index (χ0n) is 20.7. The monoisotopic (exact) mass is 581 g/mol. The van der Waals surface area contributed by atoms with Crippen LogP contribution in [0.2, 0.25) is 0 Å². The minimum absolute atomic E-state index is 0.0131. The fourth-order valence-corrected chi connectivity index (χ4v) is 4.49. The van der Waals surface area contributed by atoms with E-state index in [1.54, 1.807) is 36.4 Å². The topological polar surface area (TPSA) is 97.0 Å². The Hall–Kier alpha value is -4.18. The van der Waals surface area contributed by atoms with Crippen LogP contribution in [0.4, 0.5) is 14.9 Å². The number of methoxy groups -OCH3 is 1. The number of hydrogen-bond acceptors (Lipinski definition) is 5.